The van der Waals surface area contributed by atoms with Gasteiger partial charge < -0.3 is 24.0 Å². The summed E-state index contributed by atoms with van der Waals surface area (Å²) in [5.41, 5.74) is 3.71. The highest BCUT2D eigenvalue weighted by Crippen LogP contribution is 2.23. The molecule has 10 heteroatoms. The maximum absolute atomic E-state index is 13.4. The van der Waals surface area contributed by atoms with Crippen molar-refractivity contribution < 1.29 is 28.6 Å². The molecule has 0 aliphatic carbocycles. The van der Waals surface area contributed by atoms with Gasteiger partial charge in [0.05, 0.1) is 32.5 Å². The third kappa shape index (κ3) is 12.8. The Bertz CT molecular complexity index is 1770. The topological polar surface area (TPSA) is 101 Å². The average Bonchev–Trinajstić information content (AvgIpc) is 3.16. The van der Waals surface area contributed by atoms with E-state index in [9.17, 15) is 14.4 Å². The molecular formula is C45H56N4O6. The van der Waals surface area contributed by atoms with Gasteiger partial charge in [0.2, 0.25) is 11.8 Å². The van der Waals surface area contributed by atoms with Crippen LogP contribution in [-0.4, -0.2) is 88.7 Å². The van der Waals surface area contributed by atoms with Gasteiger partial charge in [-0.15, -0.1) is 0 Å². The van der Waals surface area contributed by atoms with Crippen molar-refractivity contribution in [3.8, 4) is 0 Å². The Balaban J connectivity index is 0.000000218. The normalized spacial score (nSPS) is 20.1. The molecule has 0 unspecified atom stereocenters. The molecule has 1 N–H and O–H groups in total. The number of benzene rings is 4. The van der Waals surface area contributed by atoms with Gasteiger partial charge in [0.15, 0.2) is 0 Å². The second kappa shape index (κ2) is 20.0. The van der Waals surface area contributed by atoms with E-state index in [1.54, 1.807) is 9.80 Å². The van der Waals surface area contributed by atoms with E-state index in [0.717, 1.165) is 28.8 Å². The summed E-state index contributed by atoms with van der Waals surface area (Å²) in [6.45, 7) is 13.3. The number of nitrogens with one attached hydrogen (secondary N) is 1. The molecule has 2 aliphatic rings. The highest BCUT2D eigenvalue weighted by Gasteiger charge is 2.43. The quantitative estimate of drug-likeness (QED) is 0.170. The van der Waals surface area contributed by atoms with E-state index in [-0.39, 0.29) is 36.5 Å². The van der Waals surface area contributed by atoms with E-state index in [2.05, 4.69) is 24.4 Å². The molecule has 6 rings (SSSR count). The first kappa shape index (κ1) is 41.1. The van der Waals surface area contributed by atoms with Gasteiger partial charge in [0, 0.05) is 32.2 Å². The van der Waals surface area contributed by atoms with Crippen molar-refractivity contribution in [2.24, 2.45) is 0 Å². The molecule has 3 amide bonds. The summed E-state index contributed by atoms with van der Waals surface area (Å²) in [7, 11) is 0. The zero-order valence-corrected chi connectivity index (χ0v) is 32.8. The van der Waals surface area contributed by atoms with Crippen molar-refractivity contribution in [3.05, 3.63) is 144 Å². The van der Waals surface area contributed by atoms with Crippen LogP contribution in [0.5, 0.6) is 0 Å². The standard InChI is InChI=1S/C25H32N2O4.C20H24N2O2/c1-19-15-26(16-20-11-7-5-8-12-20)23(28)22(27(19)24(29)31-25(2,3)4)18-30-17-21-13-9-6-10-14-21;1-16-12-22(13-17-8-4-2-5-9-17)20(23)19(21-16)15-24-14-18-10-6-3-7-11-18/h5-14,19,22H,15-18H2,1-4H3;2-11,16,19,21H,12-15H2,1H3/t19-,22-;16-,19-/m00/s1. The Hall–Kier alpha value is -5.03. The average molecular weight is 749 g/mol. The van der Waals surface area contributed by atoms with Crippen molar-refractivity contribution in [1.29, 1.82) is 0 Å². The molecule has 2 heterocycles. The summed E-state index contributed by atoms with van der Waals surface area (Å²) in [6, 6.07) is 38.9. The Morgan fingerprint density at radius 1 is 0.636 bits per heavy atom. The smallest absolute Gasteiger partial charge is 0.411 e. The minimum Gasteiger partial charge on any atom is -0.444 e. The number of hydrogen-bond donors (Lipinski definition) is 1. The van der Waals surface area contributed by atoms with Gasteiger partial charge in [0.1, 0.15) is 17.7 Å². The van der Waals surface area contributed by atoms with Crippen molar-refractivity contribution in [2.45, 2.75) is 90.7 Å². The molecule has 2 fully saturated rings. The lowest BCUT2D eigenvalue weighted by atomic mass is 10.1. The van der Waals surface area contributed by atoms with E-state index >= 15 is 0 Å². The molecule has 0 radical (unpaired) electrons. The van der Waals surface area contributed by atoms with Crippen molar-refractivity contribution in [3.63, 3.8) is 0 Å². The Kier molecular flexibility index (Phi) is 15.0. The van der Waals surface area contributed by atoms with Crippen LogP contribution in [0.15, 0.2) is 121 Å². The van der Waals surface area contributed by atoms with Gasteiger partial charge in [-0.2, -0.15) is 0 Å². The third-order valence-electron chi connectivity index (χ3n) is 9.30. The lowest BCUT2D eigenvalue weighted by molar-refractivity contribution is -0.148. The van der Waals surface area contributed by atoms with Gasteiger partial charge in [-0.05, 0) is 56.9 Å². The van der Waals surface area contributed by atoms with Crippen LogP contribution in [0.2, 0.25) is 0 Å². The van der Waals surface area contributed by atoms with Gasteiger partial charge in [-0.1, -0.05) is 121 Å². The van der Waals surface area contributed by atoms with Crippen LogP contribution in [0.25, 0.3) is 0 Å². The first-order chi connectivity index (χ1) is 26.5. The summed E-state index contributed by atoms with van der Waals surface area (Å²) in [5.74, 6) is -0.00844. The first-order valence-electron chi connectivity index (χ1n) is 19.1. The molecule has 4 aromatic carbocycles. The van der Waals surface area contributed by atoms with Crippen LogP contribution in [0.1, 0.15) is 56.9 Å². The highest BCUT2D eigenvalue weighted by atomic mass is 16.6. The van der Waals surface area contributed by atoms with E-state index in [1.807, 2.05) is 142 Å². The maximum Gasteiger partial charge on any atom is 0.411 e. The molecular weight excluding hydrogens is 693 g/mol. The van der Waals surface area contributed by atoms with Gasteiger partial charge in [-0.3, -0.25) is 19.8 Å². The Labute approximate surface area is 326 Å². The molecule has 2 aliphatic heterocycles. The molecule has 2 saturated heterocycles. The zero-order chi connectivity index (χ0) is 39.2. The van der Waals surface area contributed by atoms with Crippen LogP contribution in [-0.2, 0) is 50.1 Å². The molecule has 0 spiro atoms. The van der Waals surface area contributed by atoms with Gasteiger partial charge >= 0.3 is 6.09 Å². The number of ether oxygens (including phenoxy) is 3. The first-order valence-corrected chi connectivity index (χ1v) is 19.1. The largest absolute Gasteiger partial charge is 0.444 e. The van der Waals surface area contributed by atoms with Gasteiger partial charge in [0.25, 0.3) is 0 Å². The van der Waals surface area contributed by atoms with Crippen LogP contribution in [0.4, 0.5) is 4.79 Å². The maximum atomic E-state index is 13.4. The Morgan fingerprint density at radius 2 is 1.07 bits per heavy atom. The third-order valence-corrected chi connectivity index (χ3v) is 9.30. The lowest BCUT2D eigenvalue weighted by Gasteiger charge is -2.44. The summed E-state index contributed by atoms with van der Waals surface area (Å²) in [6.07, 6.45) is -0.485. The van der Waals surface area contributed by atoms with Crippen molar-refractivity contribution in [2.75, 3.05) is 26.3 Å². The number of amides is 3. The molecule has 0 aromatic heterocycles. The second-order valence-corrected chi connectivity index (χ2v) is 15.3. The van der Waals surface area contributed by atoms with Crippen molar-refractivity contribution >= 4 is 17.9 Å². The van der Waals surface area contributed by atoms with Crippen LogP contribution in [0.3, 0.4) is 0 Å². The summed E-state index contributed by atoms with van der Waals surface area (Å²) >= 11 is 0. The number of hydrogen-bond acceptors (Lipinski definition) is 7. The number of carbonyl (C=O) groups excluding carboxylic acids is 3. The molecule has 292 valence electrons. The number of piperazine rings is 2. The van der Waals surface area contributed by atoms with E-state index in [0.29, 0.717) is 39.5 Å². The van der Waals surface area contributed by atoms with E-state index in [4.69, 9.17) is 14.2 Å². The Morgan fingerprint density at radius 3 is 1.55 bits per heavy atom. The minimum atomic E-state index is -0.731. The fourth-order valence-electron chi connectivity index (χ4n) is 6.76. The van der Waals surface area contributed by atoms with Crippen LogP contribution in [0, 0.1) is 0 Å². The number of carbonyl (C=O) groups is 3. The summed E-state index contributed by atoms with van der Waals surface area (Å²) in [4.78, 5) is 44.3. The minimum absolute atomic E-state index is 0.114. The van der Waals surface area contributed by atoms with Crippen LogP contribution < -0.4 is 5.32 Å². The molecule has 4 atom stereocenters. The molecule has 4 aromatic rings. The SMILES string of the molecule is C[C@H]1CN(Cc2ccccc2)C(=O)[C@H](COCc2ccccc2)N1.C[C@H]1CN(Cc2ccccc2)C(=O)[C@H](COCc2ccccc2)N1C(=O)OC(C)(C)C. The number of rotatable bonds is 12. The monoisotopic (exact) mass is 748 g/mol. The predicted molar refractivity (Wildman–Crippen MR) is 214 cm³/mol. The molecule has 55 heavy (non-hydrogen) atoms. The summed E-state index contributed by atoms with van der Waals surface area (Å²) < 4.78 is 17.3. The van der Waals surface area contributed by atoms with Crippen LogP contribution >= 0.6 is 0 Å². The van der Waals surface area contributed by atoms with E-state index < -0.39 is 17.7 Å². The molecule has 10 nitrogen and oxygen atoms in total. The van der Waals surface area contributed by atoms with Crippen molar-refractivity contribution in [1.82, 2.24) is 20.0 Å². The fourth-order valence-corrected chi connectivity index (χ4v) is 6.76. The van der Waals surface area contributed by atoms with E-state index in [1.165, 1.54) is 0 Å². The molecule has 0 saturated carbocycles. The highest BCUT2D eigenvalue weighted by molar-refractivity contribution is 5.87. The fraction of sp³-hybridized carbons (Fsp3) is 0.400. The predicted octanol–water partition coefficient (Wildman–Crippen LogP) is 6.83. The second-order valence-electron chi connectivity index (χ2n) is 15.3. The zero-order valence-electron chi connectivity index (χ0n) is 32.8. The number of nitrogens with zero attached hydrogens (tertiary/aromatic N) is 3. The lowest BCUT2D eigenvalue weighted by Crippen LogP contribution is -2.64. The summed E-state index contributed by atoms with van der Waals surface area (Å²) in [5, 5.41) is 3.35. The molecule has 0 bridgehead atoms. The van der Waals surface area contributed by atoms with Gasteiger partial charge in [-0.25, -0.2) is 4.79 Å².